The van der Waals surface area contributed by atoms with E-state index in [9.17, 15) is 9.59 Å². The van der Waals surface area contributed by atoms with Crippen molar-refractivity contribution in [2.45, 2.75) is 174 Å². The molecule has 0 radical (unpaired) electrons. The molecule has 0 saturated carbocycles. The van der Waals surface area contributed by atoms with Crippen molar-refractivity contribution in [1.82, 2.24) is 0 Å². The standard InChI is InChI=1S/C61H82O6/c1-7-9-11-13-15-21-39-61(40-22-16-14-12-10-8-2)57-45-51(49-27-33-53(34-28-49)64-41-23-17-19-25-43-66-59(62)47(3)4)31-37-55(57)56-38-32-52(46-58(56)61)50-29-35-54(36-30-50)65-42-24-18-20-26-44-67-60(63)48(5)6/h27-38,45-46H,3,5,7-26,39-44H2,1-2,4,6H3. The van der Waals surface area contributed by atoms with Gasteiger partial charge in [-0.3, -0.25) is 0 Å². The summed E-state index contributed by atoms with van der Waals surface area (Å²) in [7, 11) is 0. The minimum absolute atomic E-state index is 0.0448. The van der Waals surface area contributed by atoms with Crippen molar-refractivity contribution in [2.24, 2.45) is 0 Å². The van der Waals surface area contributed by atoms with Gasteiger partial charge >= 0.3 is 11.9 Å². The number of carbonyl (C=O) groups is 2. The maximum Gasteiger partial charge on any atom is 0.333 e. The summed E-state index contributed by atoms with van der Waals surface area (Å²) >= 11 is 0. The summed E-state index contributed by atoms with van der Waals surface area (Å²) < 4.78 is 22.8. The molecule has 1 aliphatic rings. The van der Waals surface area contributed by atoms with Gasteiger partial charge in [-0.15, -0.1) is 0 Å². The molecule has 0 aliphatic heterocycles. The second-order valence-electron chi connectivity index (χ2n) is 19.0. The summed E-state index contributed by atoms with van der Waals surface area (Å²) in [5.74, 6) is 1.17. The van der Waals surface area contributed by atoms with E-state index in [-0.39, 0.29) is 17.4 Å². The molecule has 0 fully saturated rings. The van der Waals surface area contributed by atoms with Gasteiger partial charge in [-0.1, -0.05) is 153 Å². The van der Waals surface area contributed by atoms with Gasteiger partial charge in [0.15, 0.2) is 0 Å². The van der Waals surface area contributed by atoms with Crippen molar-refractivity contribution in [3.05, 3.63) is 120 Å². The number of carbonyl (C=O) groups excluding carboxylic acids is 2. The SMILES string of the molecule is C=C(C)C(=O)OCCCCCCOc1ccc(-c2ccc3c(c2)C(CCCCCCCC)(CCCCCCCC)c2cc(-c4ccc(OCCCCCCOC(=O)C(=C)C)cc4)ccc2-3)cc1. The highest BCUT2D eigenvalue weighted by molar-refractivity contribution is 5.88. The number of esters is 2. The molecule has 1 aliphatic carbocycles. The van der Waals surface area contributed by atoms with E-state index in [0.29, 0.717) is 37.6 Å². The predicted octanol–water partition coefficient (Wildman–Crippen LogP) is 16.9. The number of rotatable bonds is 34. The fraction of sp³-hybridized carbons (Fsp3) is 0.508. The minimum atomic E-state index is -0.310. The van der Waals surface area contributed by atoms with Crippen LogP contribution in [-0.2, 0) is 24.5 Å². The van der Waals surface area contributed by atoms with E-state index in [1.165, 1.54) is 134 Å². The molecule has 67 heavy (non-hydrogen) atoms. The van der Waals surface area contributed by atoms with Crippen LogP contribution in [0.25, 0.3) is 33.4 Å². The third-order valence-corrected chi connectivity index (χ3v) is 13.4. The number of ether oxygens (including phenoxy) is 4. The third-order valence-electron chi connectivity index (χ3n) is 13.4. The number of fused-ring (bicyclic) bond motifs is 3. The largest absolute Gasteiger partial charge is 0.494 e. The third kappa shape index (κ3) is 16.6. The summed E-state index contributed by atoms with van der Waals surface area (Å²) in [6.07, 6.45) is 25.5. The molecule has 6 heteroatoms. The normalized spacial score (nSPS) is 12.3. The van der Waals surface area contributed by atoms with Crippen LogP contribution in [0, 0.1) is 0 Å². The Hall–Kier alpha value is -5.10. The first-order valence-corrected chi connectivity index (χ1v) is 26.1. The Labute approximate surface area is 404 Å². The lowest BCUT2D eigenvalue weighted by molar-refractivity contribution is -0.139. The van der Waals surface area contributed by atoms with Crippen LogP contribution in [0.1, 0.15) is 180 Å². The molecule has 0 heterocycles. The molecule has 362 valence electrons. The molecule has 4 aromatic rings. The molecule has 0 unspecified atom stereocenters. The van der Waals surface area contributed by atoms with Crippen LogP contribution in [-0.4, -0.2) is 38.4 Å². The van der Waals surface area contributed by atoms with Crippen molar-refractivity contribution >= 4 is 11.9 Å². The number of hydrogen-bond donors (Lipinski definition) is 0. The number of unbranched alkanes of at least 4 members (excludes halogenated alkanes) is 16. The molecule has 0 aromatic heterocycles. The Morgan fingerprint density at radius 2 is 0.746 bits per heavy atom. The molecule has 0 bridgehead atoms. The van der Waals surface area contributed by atoms with E-state index in [2.05, 4.69) is 112 Å². The minimum Gasteiger partial charge on any atom is -0.494 e. The van der Waals surface area contributed by atoms with E-state index in [0.717, 1.165) is 62.9 Å². The quantitative estimate of drug-likeness (QED) is 0.0264. The Kier molecular flexibility index (Phi) is 22.8. The fourth-order valence-electron chi connectivity index (χ4n) is 9.49. The second-order valence-corrected chi connectivity index (χ2v) is 19.0. The van der Waals surface area contributed by atoms with Crippen molar-refractivity contribution in [3.8, 4) is 44.9 Å². The van der Waals surface area contributed by atoms with Gasteiger partial charge in [0, 0.05) is 16.6 Å². The van der Waals surface area contributed by atoms with Gasteiger partial charge in [0.05, 0.1) is 26.4 Å². The number of benzene rings is 4. The first kappa shape index (κ1) is 52.9. The van der Waals surface area contributed by atoms with E-state index in [4.69, 9.17) is 18.9 Å². The van der Waals surface area contributed by atoms with Gasteiger partial charge in [0.1, 0.15) is 11.5 Å². The van der Waals surface area contributed by atoms with Crippen LogP contribution >= 0.6 is 0 Å². The summed E-state index contributed by atoms with van der Waals surface area (Å²) in [4.78, 5) is 23.2. The molecular weight excluding hydrogens is 829 g/mol. The molecule has 0 N–H and O–H groups in total. The first-order valence-electron chi connectivity index (χ1n) is 26.1. The molecule has 6 nitrogen and oxygen atoms in total. The summed E-state index contributed by atoms with van der Waals surface area (Å²) in [6, 6.07) is 31.9. The van der Waals surface area contributed by atoms with Crippen LogP contribution in [0.4, 0.5) is 0 Å². The Bertz CT molecular complexity index is 1980. The van der Waals surface area contributed by atoms with E-state index >= 15 is 0 Å². The summed E-state index contributed by atoms with van der Waals surface area (Å²) in [5.41, 5.74) is 11.6. The Morgan fingerprint density at radius 1 is 0.418 bits per heavy atom. The van der Waals surface area contributed by atoms with Gasteiger partial charge in [-0.25, -0.2) is 9.59 Å². The zero-order valence-corrected chi connectivity index (χ0v) is 41.8. The highest BCUT2D eigenvalue weighted by atomic mass is 16.5. The van der Waals surface area contributed by atoms with Crippen molar-refractivity contribution < 1.29 is 28.5 Å². The van der Waals surface area contributed by atoms with E-state index < -0.39 is 0 Å². The molecule has 5 rings (SSSR count). The highest BCUT2D eigenvalue weighted by Gasteiger charge is 2.42. The van der Waals surface area contributed by atoms with Crippen LogP contribution in [0.15, 0.2) is 109 Å². The first-order chi connectivity index (χ1) is 32.7. The topological polar surface area (TPSA) is 71.1 Å². The average Bonchev–Trinajstić information content (AvgIpc) is 3.60. The molecule has 0 saturated heterocycles. The van der Waals surface area contributed by atoms with Crippen molar-refractivity contribution in [2.75, 3.05) is 26.4 Å². The Balaban J connectivity index is 1.30. The molecule has 0 atom stereocenters. The van der Waals surface area contributed by atoms with Gasteiger partial charge < -0.3 is 18.9 Å². The van der Waals surface area contributed by atoms with Crippen molar-refractivity contribution in [3.63, 3.8) is 0 Å². The molecule has 4 aromatic carbocycles. The zero-order valence-electron chi connectivity index (χ0n) is 41.8. The van der Waals surface area contributed by atoms with Gasteiger partial charge in [-0.05, 0) is 159 Å². The van der Waals surface area contributed by atoms with Crippen LogP contribution in [0.3, 0.4) is 0 Å². The van der Waals surface area contributed by atoms with Crippen LogP contribution in [0.5, 0.6) is 11.5 Å². The maximum absolute atomic E-state index is 11.6. The average molecular weight is 911 g/mol. The lowest BCUT2D eigenvalue weighted by Gasteiger charge is -2.33. The summed E-state index contributed by atoms with van der Waals surface area (Å²) in [6.45, 7) is 17.5. The highest BCUT2D eigenvalue weighted by Crippen LogP contribution is 2.56. The van der Waals surface area contributed by atoms with E-state index in [1.54, 1.807) is 13.8 Å². The number of hydrogen-bond acceptors (Lipinski definition) is 6. The predicted molar refractivity (Wildman–Crippen MR) is 279 cm³/mol. The van der Waals surface area contributed by atoms with E-state index in [1.807, 2.05) is 0 Å². The van der Waals surface area contributed by atoms with Gasteiger partial charge in [-0.2, -0.15) is 0 Å². The lowest BCUT2D eigenvalue weighted by Crippen LogP contribution is -2.25. The monoisotopic (exact) mass is 911 g/mol. The lowest BCUT2D eigenvalue weighted by atomic mass is 9.70. The smallest absolute Gasteiger partial charge is 0.333 e. The van der Waals surface area contributed by atoms with Crippen molar-refractivity contribution in [1.29, 1.82) is 0 Å². The zero-order chi connectivity index (χ0) is 47.7. The summed E-state index contributed by atoms with van der Waals surface area (Å²) in [5, 5.41) is 0. The van der Waals surface area contributed by atoms with Crippen LogP contribution in [0.2, 0.25) is 0 Å². The Morgan fingerprint density at radius 3 is 1.12 bits per heavy atom. The second kappa shape index (κ2) is 28.9. The maximum atomic E-state index is 11.6. The molecule has 0 amide bonds. The van der Waals surface area contributed by atoms with Gasteiger partial charge in [0.25, 0.3) is 0 Å². The van der Waals surface area contributed by atoms with Gasteiger partial charge in [0.2, 0.25) is 0 Å². The molecular formula is C61H82O6. The molecule has 0 spiro atoms. The fourth-order valence-corrected chi connectivity index (χ4v) is 9.49. The van der Waals surface area contributed by atoms with Crippen LogP contribution < -0.4 is 9.47 Å².